The van der Waals surface area contributed by atoms with Crippen LogP contribution in [0.2, 0.25) is 0 Å². The Kier molecular flexibility index (Phi) is 2.65. The van der Waals surface area contributed by atoms with Crippen LogP contribution < -0.4 is 5.73 Å². The second-order valence-electron chi connectivity index (χ2n) is 2.73. The number of rotatable bonds is 1. The van der Waals surface area contributed by atoms with E-state index in [0.29, 0.717) is 4.90 Å². The van der Waals surface area contributed by atoms with E-state index in [4.69, 9.17) is 5.73 Å². The topological polar surface area (TPSA) is 72.6 Å². The maximum atomic E-state index is 11.6. The van der Waals surface area contributed by atoms with Gasteiger partial charge in [-0.1, -0.05) is 0 Å². The number of β-lactam (4-membered cyclic amide) rings is 1. The maximum Gasteiger partial charge on any atom is 0.422 e. The Balaban J connectivity index is 2.34. The lowest BCUT2D eigenvalue weighted by Crippen LogP contribution is -2.63. The van der Waals surface area contributed by atoms with E-state index in [1.54, 1.807) is 0 Å². The first kappa shape index (κ1) is 10.8. The number of hydrogen-bond acceptors (Lipinski definition) is 4. The van der Waals surface area contributed by atoms with Gasteiger partial charge in [-0.15, -0.1) is 0 Å². The number of alkyl halides is 3. The molecule has 5 nitrogen and oxygen atoms in total. The number of amides is 2. The highest BCUT2D eigenvalue weighted by Gasteiger charge is 2.40. The predicted molar refractivity (Wildman–Crippen MR) is 37.1 cm³/mol. The van der Waals surface area contributed by atoms with E-state index in [-0.39, 0.29) is 6.54 Å². The van der Waals surface area contributed by atoms with Crippen molar-refractivity contribution < 1.29 is 27.5 Å². The summed E-state index contributed by atoms with van der Waals surface area (Å²) in [5, 5.41) is 0. The molecule has 2 N–H and O–H groups in total. The van der Waals surface area contributed by atoms with Gasteiger partial charge < -0.3 is 10.5 Å². The van der Waals surface area contributed by atoms with Crippen LogP contribution in [-0.2, 0) is 9.53 Å². The van der Waals surface area contributed by atoms with Gasteiger partial charge in [0.25, 0.3) is 5.91 Å². The molecule has 1 atom stereocenters. The SMILES string of the molecule is N[C@H]1CN(C(=O)OCC(F)(F)F)C1=O. The first-order chi connectivity index (χ1) is 6.31. The van der Waals surface area contributed by atoms with Crippen molar-refractivity contribution in [3.8, 4) is 0 Å². The van der Waals surface area contributed by atoms with Crippen LogP contribution in [0.4, 0.5) is 18.0 Å². The lowest BCUT2D eigenvalue weighted by Gasteiger charge is -2.33. The minimum absolute atomic E-state index is 0.102. The summed E-state index contributed by atoms with van der Waals surface area (Å²) in [6.45, 7) is -1.81. The van der Waals surface area contributed by atoms with Crippen molar-refractivity contribution in [1.29, 1.82) is 0 Å². The highest BCUT2D eigenvalue weighted by molar-refractivity contribution is 6.00. The Bertz CT molecular complexity index is 266. The average molecular weight is 212 g/mol. The maximum absolute atomic E-state index is 11.6. The van der Waals surface area contributed by atoms with Crippen molar-refractivity contribution in [2.75, 3.05) is 13.2 Å². The molecular weight excluding hydrogens is 205 g/mol. The van der Waals surface area contributed by atoms with Crippen molar-refractivity contribution >= 4 is 12.0 Å². The van der Waals surface area contributed by atoms with Gasteiger partial charge in [-0.25, -0.2) is 9.69 Å². The van der Waals surface area contributed by atoms with Crippen molar-refractivity contribution in [3.05, 3.63) is 0 Å². The second kappa shape index (κ2) is 3.45. The Morgan fingerprint density at radius 1 is 1.64 bits per heavy atom. The van der Waals surface area contributed by atoms with Crippen LogP contribution in [0, 0.1) is 0 Å². The Morgan fingerprint density at radius 2 is 2.21 bits per heavy atom. The second-order valence-corrected chi connectivity index (χ2v) is 2.73. The highest BCUT2D eigenvalue weighted by Crippen LogP contribution is 2.16. The number of likely N-dealkylation sites (tertiary alicyclic amines) is 1. The summed E-state index contributed by atoms with van der Waals surface area (Å²) < 4.78 is 38.5. The highest BCUT2D eigenvalue weighted by atomic mass is 19.4. The Hall–Kier alpha value is -1.31. The molecule has 80 valence electrons. The number of carbonyl (C=O) groups excluding carboxylic acids is 2. The normalized spacial score (nSPS) is 21.9. The summed E-state index contributed by atoms with van der Waals surface area (Å²) in [5.74, 6) is -0.725. The molecule has 1 heterocycles. The number of nitrogens with zero attached hydrogens (tertiary/aromatic N) is 1. The molecule has 0 aromatic carbocycles. The first-order valence-electron chi connectivity index (χ1n) is 3.62. The molecule has 0 bridgehead atoms. The van der Waals surface area contributed by atoms with E-state index in [2.05, 4.69) is 4.74 Å². The Labute approximate surface area is 76.6 Å². The molecule has 0 aromatic rings. The molecule has 14 heavy (non-hydrogen) atoms. The molecule has 0 unspecified atom stereocenters. The van der Waals surface area contributed by atoms with Crippen LogP contribution >= 0.6 is 0 Å². The van der Waals surface area contributed by atoms with Crippen molar-refractivity contribution in [2.45, 2.75) is 12.2 Å². The smallest absolute Gasteiger partial charge is 0.422 e. The largest absolute Gasteiger partial charge is 0.439 e. The van der Waals surface area contributed by atoms with Gasteiger partial charge in [0, 0.05) is 0 Å². The fraction of sp³-hybridized carbons (Fsp3) is 0.667. The van der Waals surface area contributed by atoms with Crippen LogP contribution in [-0.4, -0.2) is 42.3 Å². The molecular formula is C6H7F3N2O3. The minimum Gasteiger partial charge on any atom is -0.439 e. The fourth-order valence-electron chi connectivity index (χ4n) is 0.838. The average Bonchev–Trinajstić information content (AvgIpc) is 2.08. The van der Waals surface area contributed by atoms with Crippen LogP contribution in [0.25, 0.3) is 0 Å². The van der Waals surface area contributed by atoms with Gasteiger partial charge in [-0.2, -0.15) is 13.2 Å². The molecule has 0 aliphatic carbocycles. The van der Waals surface area contributed by atoms with E-state index in [9.17, 15) is 22.8 Å². The fourth-order valence-corrected chi connectivity index (χ4v) is 0.838. The van der Waals surface area contributed by atoms with Gasteiger partial charge in [0.05, 0.1) is 6.54 Å². The molecule has 0 aromatic heterocycles. The summed E-state index contributed by atoms with van der Waals surface area (Å²) in [5.41, 5.74) is 5.11. The molecule has 1 aliphatic heterocycles. The summed E-state index contributed by atoms with van der Waals surface area (Å²) in [4.78, 5) is 22.0. The molecule has 1 rings (SSSR count). The van der Waals surface area contributed by atoms with E-state index in [0.717, 1.165) is 0 Å². The molecule has 0 saturated carbocycles. The van der Waals surface area contributed by atoms with Crippen molar-refractivity contribution in [3.63, 3.8) is 0 Å². The summed E-state index contributed by atoms with van der Waals surface area (Å²) >= 11 is 0. The molecule has 1 aliphatic rings. The number of ether oxygens (including phenoxy) is 1. The van der Waals surface area contributed by atoms with Gasteiger partial charge in [0.15, 0.2) is 6.61 Å². The standard InChI is InChI=1S/C6H7F3N2O3/c7-6(8,9)2-14-5(13)11-1-3(10)4(11)12/h3H,1-2,10H2/t3-/m0/s1. The van der Waals surface area contributed by atoms with Crippen LogP contribution in [0.1, 0.15) is 0 Å². The molecule has 1 fully saturated rings. The first-order valence-corrected chi connectivity index (χ1v) is 3.62. The monoisotopic (exact) mass is 212 g/mol. The third-order valence-electron chi connectivity index (χ3n) is 1.54. The van der Waals surface area contributed by atoms with Gasteiger partial charge in [-0.3, -0.25) is 4.79 Å². The molecule has 8 heteroatoms. The zero-order chi connectivity index (χ0) is 10.9. The zero-order valence-corrected chi connectivity index (χ0v) is 6.87. The predicted octanol–water partition coefficient (Wildman–Crippen LogP) is -0.145. The molecule has 1 saturated heterocycles. The van der Waals surface area contributed by atoms with Crippen LogP contribution in [0.15, 0.2) is 0 Å². The summed E-state index contributed by atoms with van der Waals surface area (Å²) in [6, 6.07) is -0.812. The van der Waals surface area contributed by atoms with Gasteiger partial charge in [0.1, 0.15) is 6.04 Å². The number of nitrogens with two attached hydrogens (primary N) is 1. The number of carbonyl (C=O) groups is 2. The third-order valence-corrected chi connectivity index (χ3v) is 1.54. The molecule has 2 amide bonds. The summed E-state index contributed by atoms with van der Waals surface area (Å²) in [7, 11) is 0. The van der Waals surface area contributed by atoms with E-state index in [1.165, 1.54) is 0 Å². The number of hydrogen-bond donors (Lipinski definition) is 1. The van der Waals surface area contributed by atoms with Gasteiger partial charge in [0.2, 0.25) is 0 Å². The molecule has 0 spiro atoms. The van der Waals surface area contributed by atoms with E-state index < -0.39 is 30.8 Å². The van der Waals surface area contributed by atoms with E-state index >= 15 is 0 Å². The minimum atomic E-state index is -4.59. The zero-order valence-electron chi connectivity index (χ0n) is 6.87. The van der Waals surface area contributed by atoms with Gasteiger partial charge in [-0.05, 0) is 0 Å². The number of halogens is 3. The Morgan fingerprint density at radius 3 is 2.57 bits per heavy atom. The molecule has 0 radical (unpaired) electrons. The summed E-state index contributed by atoms with van der Waals surface area (Å²) in [6.07, 6.45) is -5.90. The third kappa shape index (κ3) is 2.34. The van der Waals surface area contributed by atoms with Crippen molar-refractivity contribution in [2.24, 2.45) is 5.73 Å². The lowest BCUT2D eigenvalue weighted by atomic mass is 10.1. The van der Waals surface area contributed by atoms with Crippen LogP contribution in [0.5, 0.6) is 0 Å². The van der Waals surface area contributed by atoms with Gasteiger partial charge >= 0.3 is 12.3 Å². The van der Waals surface area contributed by atoms with Crippen LogP contribution in [0.3, 0.4) is 0 Å². The van der Waals surface area contributed by atoms with Crippen molar-refractivity contribution in [1.82, 2.24) is 4.90 Å². The number of imide groups is 1. The quantitative estimate of drug-likeness (QED) is 0.614. The lowest BCUT2D eigenvalue weighted by molar-refractivity contribution is -0.166. The van der Waals surface area contributed by atoms with E-state index in [1.807, 2.05) is 0 Å².